The van der Waals surface area contributed by atoms with E-state index in [1.165, 1.54) is 36.4 Å². The molecule has 0 saturated heterocycles. The first-order valence-corrected chi connectivity index (χ1v) is 16.5. The number of carbonyl (C=O) groups is 1. The van der Waals surface area contributed by atoms with Gasteiger partial charge in [-0.05, 0) is 85.5 Å². The number of rotatable bonds is 9. The van der Waals surface area contributed by atoms with E-state index in [1.54, 1.807) is 49.4 Å². The first-order valence-electron chi connectivity index (χ1n) is 13.2. The van der Waals surface area contributed by atoms with Crippen LogP contribution in [0.15, 0.2) is 119 Å². The van der Waals surface area contributed by atoms with Gasteiger partial charge in [-0.1, -0.05) is 65.7 Å². The average Bonchev–Trinajstić information content (AvgIpc) is 2.97. The van der Waals surface area contributed by atoms with Crippen LogP contribution >= 0.6 is 11.6 Å². The van der Waals surface area contributed by atoms with Gasteiger partial charge in [0.2, 0.25) is 5.91 Å². The molecule has 0 heterocycles. The van der Waals surface area contributed by atoms with Crippen LogP contribution in [-0.2, 0) is 24.8 Å². The minimum atomic E-state index is -4.12. The molecule has 0 aliphatic heterocycles. The number of halogens is 1. The number of carbonyl (C=O) groups excluding carboxylic acids is 1. The Hall–Kier alpha value is -4.38. The summed E-state index contributed by atoms with van der Waals surface area (Å²) in [6.45, 7) is 3.03. The Kier molecular flexibility index (Phi) is 8.45. The molecule has 220 valence electrons. The zero-order valence-electron chi connectivity index (χ0n) is 23.3. The van der Waals surface area contributed by atoms with Crippen LogP contribution in [0.3, 0.4) is 0 Å². The zero-order chi connectivity index (χ0) is 30.8. The van der Waals surface area contributed by atoms with E-state index in [4.69, 9.17) is 11.6 Å². The molecule has 2 N–H and O–H groups in total. The number of anilines is 3. The normalized spacial score (nSPS) is 11.7. The molecular formula is C32H28ClN3O5S2. The molecule has 0 aliphatic rings. The fourth-order valence-electron chi connectivity index (χ4n) is 4.60. The van der Waals surface area contributed by atoms with Crippen molar-refractivity contribution in [2.45, 2.75) is 23.6 Å². The number of benzene rings is 5. The van der Waals surface area contributed by atoms with Crippen molar-refractivity contribution < 1.29 is 21.6 Å². The van der Waals surface area contributed by atoms with Gasteiger partial charge >= 0.3 is 0 Å². The Labute approximate surface area is 256 Å². The van der Waals surface area contributed by atoms with Gasteiger partial charge in [0.25, 0.3) is 20.0 Å². The molecular weight excluding hydrogens is 606 g/mol. The van der Waals surface area contributed by atoms with Crippen LogP contribution in [0.25, 0.3) is 10.8 Å². The number of fused-ring (bicyclic) bond motifs is 1. The van der Waals surface area contributed by atoms with Crippen LogP contribution in [0.2, 0.25) is 5.02 Å². The second-order valence-electron chi connectivity index (χ2n) is 9.96. The van der Waals surface area contributed by atoms with Crippen LogP contribution in [0.5, 0.6) is 0 Å². The maximum atomic E-state index is 13.7. The van der Waals surface area contributed by atoms with Crippen molar-refractivity contribution in [1.29, 1.82) is 0 Å². The van der Waals surface area contributed by atoms with E-state index in [0.29, 0.717) is 27.6 Å². The standard InChI is InChI=1S/C32H28ClN3O5S2/c1-22-10-15-28(16-11-22)43(40,41)36(31-19-12-25(33)20-23(31)2)21-32(37)34-26-13-17-27(18-14-26)42(38,39)35-30-9-5-7-24-6-3-4-8-29(24)30/h3-20,35H,21H2,1-2H3,(H,34,37). The monoisotopic (exact) mass is 633 g/mol. The Morgan fingerprint density at radius 2 is 1.42 bits per heavy atom. The van der Waals surface area contributed by atoms with Crippen molar-refractivity contribution in [2.75, 3.05) is 20.9 Å². The van der Waals surface area contributed by atoms with Crippen molar-refractivity contribution in [1.82, 2.24) is 0 Å². The molecule has 0 atom stereocenters. The number of aryl methyl sites for hydroxylation is 2. The van der Waals surface area contributed by atoms with Crippen molar-refractivity contribution in [3.8, 4) is 0 Å². The van der Waals surface area contributed by atoms with Crippen molar-refractivity contribution in [3.63, 3.8) is 0 Å². The van der Waals surface area contributed by atoms with Crippen molar-refractivity contribution >= 4 is 65.4 Å². The summed E-state index contributed by atoms with van der Waals surface area (Å²) in [5.74, 6) is -0.616. The van der Waals surface area contributed by atoms with Crippen LogP contribution in [0.1, 0.15) is 11.1 Å². The summed E-state index contributed by atoms with van der Waals surface area (Å²) in [4.78, 5) is 13.2. The highest BCUT2D eigenvalue weighted by molar-refractivity contribution is 7.93. The van der Waals surface area contributed by atoms with Gasteiger partial charge in [0.15, 0.2) is 0 Å². The minimum absolute atomic E-state index is 0.00111. The minimum Gasteiger partial charge on any atom is -0.325 e. The molecule has 8 nitrogen and oxygen atoms in total. The van der Waals surface area contributed by atoms with Crippen molar-refractivity contribution in [3.05, 3.63) is 125 Å². The highest BCUT2D eigenvalue weighted by Gasteiger charge is 2.28. The van der Waals surface area contributed by atoms with E-state index in [2.05, 4.69) is 10.0 Å². The molecule has 5 aromatic carbocycles. The van der Waals surface area contributed by atoms with Gasteiger partial charge in [0, 0.05) is 16.1 Å². The topological polar surface area (TPSA) is 113 Å². The lowest BCUT2D eigenvalue weighted by atomic mass is 10.1. The van der Waals surface area contributed by atoms with E-state index < -0.39 is 32.5 Å². The lowest BCUT2D eigenvalue weighted by Crippen LogP contribution is -2.38. The van der Waals surface area contributed by atoms with Crippen LogP contribution in [0.4, 0.5) is 17.1 Å². The number of hydrogen-bond acceptors (Lipinski definition) is 5. The lowest BCUT2D eigenvalue weighted by molar-refractivity contribution is -0.114. The van der Waals surface area contributed by atoms with Gasteiger partial charge < -0.3 is 5.32 Å². The molecule has 0 aliphatic carbocycles. The Morgan fingerprint density at radius 3 is 2.12 bits per heavy atom. The molecule has 1 amide bonds. The third kappa shape index (κ3) is 6.67. The summed E-state index contributed by atoms with van der Waals surface area (Å²) in [7, 11) is -8.05. The maximum Gasteiger partial charge on any atom is 0.264 e. The number of nitrogens with zero attached hydrogens (tertiary/aromatic N) is 1. The van der Waals surface area contributed by atoms with Crippen molar-refractivity contribution in [2.24, 2.45) is 0 Å². The molecule has 0 bridgehead atoms. The third-order valence-electron chi connectivity index (χ3n) is 6.81. The Morgan fingerprint density at radius 1 is 0.767 bits per heavy atom. The van der Waals surface area contributed by atoms with E-state index >= 15 is 0 Å². The number of nitrogens with one attached hydrogen (secondary N) is 2. The second kappa shape index (κ2) is 12.1. The first-order chi connectivity index (χ1) is 20.4. The SMILES string of the molecule is Cc1ccc(S(=O)(=O)N(CC(=O)Nc2ccc(S(=O)(=O)Nc3cccc4ccccc34)cc2)c2ccc(Cl)cc2C)cc1. The van der Waals surface area contributed by atoms with Gasteiger partial charge in [-0.3, -0.25) is 13.8 Å². The number of hydrogen-bond donors (Lipinski definition) is 2. The van der Waals surface area contributed by atoms with E-state index in [-0.39, 0.29) is 9.79 Å². The first kappa shape index (κ1) is 30.1. The molecule has 5 aromatic rings. The molecule has 0 unspecified atom stereocenters. The highest BCUT2D eigenvalue weighted by atomic mass is 35.5. The van der Waals surface area contributed by atoms with Crippen LogP contribution < -0.4 is 14.3 Å². The highest BCUT2D eigenvalue weighted by Crippen LogP contribution is 2.30. The second-order valence-corrected chi connectivity index (χ2v) is 13.9. The summed E-state index contributed by atoms with van der Waals surface area (Å²) in [5, 5.41) is 4.76. The van der Waals surface area contributed by atoms with Gasteiger partial charge in [0.1, 0.15) is 6.54 Å². The van der Waals surface area contributed by atoms with E-state index in [0.717, 1.165) is 20.6 Å². The van der Waals surface area contributed by atoms with Gasteiger partial charge in [-0.15, -0.1) is 0 Å². The summed E-state index contributed by atoms with van der Waals surface area (Å²) < 4.78 is 57.3. The molecule has 0 spiro atoms. The molecule has 0 saturated carbocycles. The Bertz CT molecular complexity index is 2030. The molecule has 11 heteroatoms. The molecule has 0 fully saturated rings. The summed E-state index contributed by atoms with van der Waals surface area (Å²) in [6.07, 6.45) is 0. The van der Waals surface area contributed by atoms with Gasteiger partial charge in [-0.25, -0.2) is 16.8 Å². The smallest absolute Gasteiger partial charge is 0.264 e. The van der Waals surface area contributed by atoms with Crippen LogP contribution in [0, 0.1) is 13.8 Å². The number of sulfonamides is 2. The molecule has 0 aromatic heterocycles. The maximum absolute atomic E-state index is 13.7. The lowest BCUT2D eigenvalue weighted by Gasteiger charge is -2.26. The van der Waals surface area contributed by atoms with Gasteiger partial charge in [-0.2, -0.15) is 0 Å². The molecule has 43 heavy (non-hydrogen) atoms. The van der Waals surface area contributed by atoms with Gasteiger partial charge in [0.05, 0.1) is 21.2 Å². The third-order valence-corrected chi connectivity index (χ3v) is 10.2. The zero-order valence-corrected chi connectivity index (χ0v) is 25.7. The average molecular weight is 634 g/mol. The predicted octanol–water partition coefficient (Wildman–Crippen LogP) is 6.74. The summed E-state index contributed by atoms with van der Waals surface area (Å²) in [5.41, 5.74) is 2.52. The fraction of sp³-hybridized carbons (Fsp3) is 0.0938. The summed E-state index contributed by atoms with van der Waals surface area (Å²) in [6, 6.07) is 29.5. The quantitative estimate of drug-likeness (QED) is 0.187. The number of amides is 1. The van der Waals surface area contributed by atoms with Crippen LogP contribution in [-0.4, -0.2) is 29.3 Å². The largest absolute Gasteiger partial charge is 0.325 e. The summed E-state index contributed by atoms with van der Waals surface area (Å²) >= 11 is 6.10. The molecule has 5 rings (SSSR count). The fourth-order valence-corrected chi connectivity index (χ4v) is 7.39. The predicted molar refractivity (Wildman–Crippen MR) is 172 cm³/mol. The van der Waals surface area contributed by atoms with E-state index in [1.807, 2.05) is 37.3 Å². The molecule has 0 radical (unpaired) electrons. The Balaban J connectivity index is 1.36. The van der Waals surface area contributed by atoms with E-state index in [9.17, 15) is 21.6 Å².